The van der Waals surface area contributed by atoms with Crippen molar-refractivity contribution in [1.82, 2.24) is 19.5 Å². The summed E-state index contributed by atoms with van der Waals surface area (Å²) in [5.74, 6) is -0.150. The first-order valence-electron chi connectivity index (χ1n) is 6.98. The summed E-state index contributed by atoms with van der Waals surface area (Å²) < 4.78 is 27.0. The van der Waals surface area contributed by atoms with Crippen molar-refractivity contribution in [1.29, 1.82) is 0 Å². The van der Waals surface area contributed by atoms with Crippen molar-refractivity contribution in [3.63, 3.8) is 0 Å². The van der Waals surface area contributed by atoms with Gasteiger partial charge in [0.15, 0.2) is 17.4 Å². The van der Waals surface area contributed by atoms with Crippen molar-refractivity contribution in [2.45, 2.75) is 24.5 Å². The highest BCUT2D eigenvalue weighted by atomic mass is 31.2. The molecule has 14 heteroatoms. The van der Waals surface area contributed by atoms with Crippen molar-refractivity contribution in [3.05, 3.63) is 16.7 Å². The highest BCUT2D eigenvalue weighted by molar-refractivity contribution is 7.44. The molecule has 1 aliphatic rings. The molecule has 0 radical (unpaired) electrons. The third kappa shape index (κ3) is 3.43. The molecule has 13 nitrogen and oxygen atoms in total. The molecule has 3 heterocycles. The van der Waals surface area contributed by atoms with Crippen molar-refractivity contribution < 1.29 is 33.5 Å². The molecule has 1 saturated heterocycles. The molecule has 2 unspecified atom stereocenters. The van der Waals surface area contributed by atoms with E-state index in [1.807, 2.05) is 0 Å². The van der Waals surface area contributed by atoms with Crippen LogP contribution in [-0.4, -0.2) is 61.5 Å². The van der Waals surface area contributed by atoms with Crippen LogP contribution < -0.4 is 16.2 Å². The van der Waals surface area contributed by atoms with Crippen LogP contribution in [0.1, 0.15) is 6.23 Å². The maximum Gasteiger partial charge on any atom is 0.280 e. The Bertz CT molecular complexity index is 877. The molecule has 0 bridgehead atoms. The number of fused-ring (bicyclic) bond motifs is 1. The van der Waals surface area contributed by atoms with Gasteiger partial charge >= 0.3 is 0 Å². The monoisotopic (exact) mass is 376 g/mol. The van der Waals surface area contributed by atoms with Gasteiger partial charge < -0.3 is 34.6 Å². The summed E-state index contributed by atoms with van der Waals surface area (Å²) in [5.41, 5.74) is 5.00. The standard InChI is InChI=1S/C11H16N5O8P/c1-22-7-4(2-23-25(19,20)21)24-10(6(7)17)16-3-13-5-8(16)14-11(12)15-9(5)18/h3-4,6-7,10,17H,2H2,1H3,(H2,19,20,21)(H3,12,14,15,18)/p-1/t4-,6?,7+,10-/m1/s1. The van der Waals surface area contributed by atoms with Gasteiger partial charge in [-0.2, -0.15) is 4.98 Å². The predicted octanol–water partition coefficient (Wildman–Crippen LogP) is -2.55. The normalized spacial score (nSPS) is 29.1. The number of hydrogen-bond acceptors (Lipinski definition) is 10. The Morgan fingerprint density at radius 3 is 2.96 bits per heavy atom. The summed E-state index contributed by atoms with van der Waals surface area (Å²) in [6, 6.07) is 0. The van der Waals surface area contributed by atoms with Crippen LogP contribution in [0.5, 0.6) is 0 Å². The zero-order chi connectivity index (χ0) is 18.4. The Morgan fingerprint density at radius 2 is 2.32 bits per heavy atom. The molecule has 0 saturated carbocycles. The molecule has 138 valence electrons. The lowest BCUT2D eigenvalue weighted by Crippen LogP contribution is -2.35. The van der Waals surface area contributed by atoms with Crippen molar-refractivity contribution in [3.8, 4) is 0 Å². The Morgan fingerprint density at radius 1 is 1.60 bits per heavy atom. The summed E-state index contributed by atoms with van der Waals surface area (Å²) in [6.07, 6.45) is -3.12. The third-order valence-corrected chi connectivity index (χ3v) is 4.18. The minimum absolute atomic E-state index is 0.0157. The van der Waals surface area contributed by atoms with Crippen LogP contribution in [0.3, 0.4) is 0 Å². The van der Waals surface area contributed by atoms with Gasteiger partial charge in [0.25, 0.3) is 13.4 Å². The molecule has 0 spiro atoms. The van der Waals surface area contributed by atoms with Crippen molar-refractivity contribution in [2.75, 3.05) is 19.5 Å². The largest absolute Gasteiger partial charge is 0.756 e. The van der Waals surface area contributed by atoms with E-state index in [1.54, 1.807) is 0 Å². The number of nitrogens with two attached hydrogens (primary N) is 1. The maximum absolute atomic E-state index is 11.8. The molecule has 0 amide bonds. The number of ether oxygens (including phenoxy) is 2. The fourth-order valence-corrected chi connectivity index (χ4v) is 3.01. The number of phosphoric acid groups is 1. The summed E-state index contributed by atoms with van der Waals surface area (Å²) >= 11 is 0. The molecule has 2 aromatic rings. The number of hydrogen-bond donors (Lipinski definition) is 4. The second kappa shape index (κ2) is 6.46. The number of H-pyrrole nitrogens is 1. The average Bonchev–Trinajstić information content (AvgIpc) is 3.05. The molecule has 0 aromatic carbocycles. The quantitative estimate of drug-likeness (QED) is 0.401. The van der Waals surface area contributed by atoms with Gasteiger partial charge in [-0.25, -0.2) is 4.98 Å². The summed E-state index contributed by atoms with van der Waals surface area (Å²) in [6.45, 7) is -0.577. The number of aromatic amines is 1. The van der Waals surface area contributed by atoms with E-state index in [2.05, 4.69) is 19.5 Å². The van der Waals surface area contributed by atoms with Crippen LogP contribution in [0.15, 0.2) is 11.1 Å². The van der Waals surface area contributed by atoms with E-state index in [9.17, 15) is 19.4 Å². The Balaban J connectivity index is 1.93. The van der Waals surface area contributed by atoms with Crippen molar-refractivity contribution in [2.24, 2.45) is 0 Å². The van der Waals surface area contributed by atoms with E-state index in [4.69, 9.17) is 20.1 Å². The van der Waals surface area contributed by atoms with Gasteiger partial charge in [-0.1, -0.05) is 0 Å². The van der Waals surface area contributed by atoms with Gasteiger partial charge in [0.1, 0.15) is 18.3 Å². The van der Waals surface area contributed by atoms with Gasteiger partial charge in [-0.05, 0) is 0 Å². The van der Waals surface area contributed by atoms with E-state index in [-0.39, 0.29) is 17.1 Å². The number of phosphoric ester groups is 1. The smallest absolute Gasteiger partial charge is 0.280 e. The van der Waals surface area contributed by atoms with E-state index >= 15 is 0 Å². The lowest BCUT2D eigenvalue weighted by molar-refractivity contribution is -0.223. The second-order valence-electron chi connectivity index (χ2n) is 5.30. The summed E-state index contributed by atoms with van der Waals surface area (Å²) in [4.78, 5) is 41.4. The lowest BCUT2D eigenvalue weighted by atomic mass is 10.1. The molecule has 2 aromatic heterocycles. The Hall–Kier alpha value is -1.86. The third-order valence-electron chi connectivity index (χ3n) is 3.71. The van der Waals surface area contributed by atoms with Gasteiger partial charge in [0.2, 0.25) is 5.95 Å². The van der Waals surface area contributed by atoms with Gasteiger partial charge in [0.05, 0.1) is 12.9 Å². The molecular weight excluding hydrogens is 361 g/mol. The summed E-state index contributed by atoms with van der Waals surface area (Å²) in [7, 11) is -3.68. The Kier molecular flexibility index (Phi) is 4.64. The molecule has 5 N–H and O–H groups in total. The highest BCUT2D eigenvalue weighted by Crippen LogP contribution is 2.36. The molecule has 1 aliphatic heterocycles. The van der Waals surface area contributed by atoms with Crippen LogP contribution in [0.25, 0.3) is 11.2 Å². The van der Waals surface area contributed by atoms with E-state index < -0.39 is 44.5 Å². The topological polar surface area (TPSA) is 198 Å². The van der Waals surface area contributed by atoms with Crippen LogP contribution in [0, 0.1) is 0 Å². The maximum atomic E-state index is 11.8. The van der Waals surface area contributed by atoms with Gasteiger partial charge in [0, 0.05) is 7.11 Å². The lowest BCUT2D eigenvalue weighted by Gasteiger charge is -2.21. The zero-order valence-corrected chi connectivity index (χ0v) is 13.7. The predicted molar refractivity (Wildman–Crippen MR) is 79.1 cm³/mol. The first kappa shape index (κ1) is 17.9. The van der Waals surface area contributed by atoms with Crippen LogP contribution in [0.2, 0.25) is 0 Å². The van der Waals surface area contributed by atoms with E-state index in [1.165, 1.54) is 18.0 Å². The van der Waals surface area contributed by atoms with Gasteiger partial charge in [-0.15, -0.1) is 0 Å². The Labute approximate surface area is 139 Å². The van der Waals surface area contributed by atoms with E-state index in [0.717, 1.165) is 0 Å². The number of methoxy groups -OCH3 is 1. The fourth-order valence-electron chi connectivity index (χ4n) is 2.67. The fraction of sp³-hybridized carbons (Fsp3) is 0.545. The van der Waals surface area contributed by atoms with Crippen molar-refractivity contribution >= 4 is 24.9 Å². The first-order chi connectivity index (χ1) is 11.7. The zero-order valence-electron chi connectivity index (χ0n) is 12.8. The second-order valence-corrected chi connectivity index (χ2v) is 6.49. The molecule has 0 aliphatic carbocycles. The number of anilines is 1. The number of aliphatic hydroxyl groups excluding tert-OH is 1. The number of rotatable bonds is 5. The molecule has 25 heavy (non-hydrogen) atoms. The minimum atomic E-state index is -4.97. The van der Waals surface area contributed by atoms with Gasteiger partial charge in [-0.3, -0.25) is 18.9 Å². The number of imidazole rings is 1. The molecule has 3 rings (SSSR count). The first-order valence-corrected chi connectivity index (χ1v) is 8.48. The molecule has 1 fully saturated rings. The van der Waals surface area contributed by atoms with Crippen LogP contribution in [-0.2, 0) is 18.6 Å². The number of aromatic nitrogens is 4. The summed E-state index contributed by atoms with van der Waals surface area (Å²) in [5, 5.41) is 10.4. The van der Waals surface area contributed by atoms with E-state index in [0.29, 0.717) is 0 Å². The number of nitrogen functional groups attached to an aromatic ring is 1. The molecular formula is C11H15N5O8P-. The highest BCUT2D eigenvalue weighted by Gasteiger charge is 2.46. The number of nitrogens with zero attached hydrogens (tertiary/aromatic N) is 3. The van der Waals surface area contributed by atoms with Crippen LogP contribution in [0.4, 0.5) is 5.95 Å². The minimum Gasteiger partial charge on any atom is -0.756 e. The number of aliphatic hydroxyl groups is 1. The van der Waals surface area contributed by atoms with Crippen LogP contribution >= 0.6 is 7.82 Å². The molecule has 5 atom stereocenters. The SMILES string of the molecule is CO[C@@H]1C(O)[C@H](n2cnc3c(=O)[nH]c(N)nc32)O[C@@H]1COP(=O)([O-])O. The average molecular weight is 376 g/mol. The number of nitrogens with one attached hydrogen (secondary N) is 1.